The Morgan fingerprint density at radius 3 is 2.68 bits per heavy atom. The van der Waals surface area contributed by atoms with E-state index in [1.54, 1.807) is 12.1 Å². The molecule has 2 rings (SSSR count). The fourth-order valence-corrected chi connectivity index (χ4v) is 1.92. The third-order valence-corrected chi connectivity index (χ3v) is 3.18. The lowest BCUT2D eigenvalue weighted by atomic mass is 10.2. The lowest BCUT2D eigenvalue weighted by molar-refractivity contribution is 0.574. The average Bonchev–Trinajstić information content (AvgIpc) is 2.71. The highest BCUT2D eigenvalue weighted by Gasteiger charge is 2.09. The van der Waals surface area contributed by atoms with Gasteiger partial charge in [-0.25, -0.2) is 4.39 Å². The smallest absolute Gasteiger partial charge is 0.128 e. The van der Waals surface area contributed by atoms with Gasteiger partial charge in [0, 0.05) is 29.4 Å². The van der Waals surface area contributed by atoms with E-state index in [1.165, 1.54) is 6.07 Å². The van der Waals surface area contributed by atoms with Gasteiger partial charge in [-0.1, -0.05) is 32.0 Å². The minimum Gasteiger partial charge on any atom is -0.310 e. The number of benzene rings is 1. The predicted molar refractivity (Wildman–Crippen MR) is 74.4 cm³/mol. The Kier molecular flexibility index (Phi) is 4.32. The summed E-state index contributed by atoms with van der Waals surface area (Å²) < 4.78 is 15.5. The first kappa shape index (κ1) is 13.7. The molecule has 0 fully saturated rings. The van der Waals surface area contributed by atoms with Crippen molar-refractivity contribution in [3.63, 3.8) is 0 Å². The van der Waals surface area contributed by atoms with Crippen LogP contribution in [0.2, 0.25) is 0 Å². The first-order valence-corrected chi connectivity index (χ1v) is 6.56. The van der Waals surface area contributed by atoms with Crippen LogP contribution in [0, 0.1) is 12.7 Å². The van der Waals surface area contributed by atoms with Crippen molar-refractivity contribution in [1.82, 2.24) is 15.1 Å². The number of nitrogens with one attached hydrogen (secondary N) is 1. The summed E-state index contributed by atoms with van der Waals surface area (Å²) in [6.07, 6.45) is 1.85. The third-order valence-electron chi connectivity index (χ3n) is 3.18. The molecule has 0 saturated heterocycles. The van der Waals surface area contributed by atoms with Crippen LogP contribution in [-0.2, 0) is 13.1 Å². The molecule has 4 heteroatoms. The molecule has 0 unspecified atom stereocenters. The maximum Gasteiger partial charge on any atom is 0.128 e. The van der Waals surface area contributed by atoms with E-state index in [9.17, 15) is 4.39 Å². The number of hydrogen-bond acceptors (Lipinski definition) is 2. The van der Waals surface area contributed by atoms with Gasteiger partial charge in [0.05, 0.1) is 12.7 Å². The molecule has 1 aromatic heterocycles. The summed E-state index contributed by atoms with van der Waals surface area (Å²) in [5.74, 6) is -0.181. The van der Waals surface area contributed by atoms with E-state index in [0.29, 0.717) is 18.2 Å². The van der Waals surface area contributed by atoms with Crippen LogP contribution in [-0.4, -0.2) is 15.8 Å². The Labute approximate surface area is 113 Å². The molecule has 0 aliphatic rings. The fraction of sp³-hybridized carbons (Fsp3) is 0.400. The van der Waals surface area contributed by atoms with Gasteiger partial charge in [0.25, 0.3) is 0 Å². The second kappa shape index (κ2) is 5.97. The molecule has 2 aromatic rings. The van der Waals surface area contributed by atoms with Crippen LogP contribution in [0.3, 0.4) is 0 Å². The molecule has 0 spiro atoms. The van der Waals surface area contributed by atoms with Crippen LogP contribution in [0.5, 0.6) is 0 Å². The summed E-state index contributed by atoms with van der Waals surface area (Å²) in [5.41, 5.74) is 2.90. The molecule has 0 radical (unpaired) electrons. The van der Waals surface area contributed by atoms with E-state index in [0.717, 1.165) is 17.8 Å². The van der Waals surface area contributed by atoms with Crippen molar-refractivity contribution < 1.29 is 4.39 Å². The van der Waals surface area contributed by atoms with E-state index in [2.05, 4.69) is 24.3 Å². The molecule has 0 aliphatic carbocycles. The second-order valence-corrected chi connectivity index (χ2v) is 5.04. The first-order chi connectivity index (χ1) is 9.08. The average molecular weight is 261 g/mol. The quantitative estimate of drug-likeness (QED) is 0.897. The third kappa shape index (κ3) is 3.41. The first-order valence-electron chi connectivity index (χ1n) is 6.56. The molecular weight excluding hydrogens is 241 g/mol. The van der Waals surface area contributed by atoms with Crippen LogP contribution < -0.4 is 5.32 Å². The molecule has 0 atom stereocenters. The minimum atomic E-state index is -0.181. The minimum absolute atomic E-state index is 0.181. The van der Waals surface area contributed by atoms with Crippen molar-refractivity contribution in [3.8, 4) is 0 Å². The zero-order valence-corrected chi connectivity index (χ0v) is 11.7. The van der Waals surface area contributed by atoms with Gasteiger partial charge < -0.3 is 5.32 Å². The predicted octanol–water partition coefficient (Wildman–Crippen LogP) is 2.88. The SMILES string of the molecule is Cc1c(CNC(C)C)cnn1Cc1ccccc1F. The summed E-state index contributed by atoms with van der Waals surface area (Å²) in [4.78, 5) is 0. The van der Waals surface area contributed by atoms with Gasteiger partial charge in [-0.15, -0.1) is 0 Å². The van der Waals surface area contributed by atoms with Crippen molar-refractivity contribution in [1.29, 1.82) is 0 Å². The molecule has 19 heavy (non-hydrogen) atoms. The Hall–Kier alpha value is -1.68. The van der Waals surface area contributed by atoms with Gasteiger partial charge in [0.2, 0.25) is 0 Å². The zero-order chi connectivity index (χ0) is 13.8. The Bertz CT molecular complexity index is 546. The van der Waals surface area contributed by atoms with Crippen LogP contribution in [0.25, 0.3) is 0 Å². The maximum atomic E-state index is 13.6. The highest BCUT2D eigenvalue weighted by atomic mass is 19.1. The van der Waals surface area contributed by atoms with Crippen molar-refractivity contribution in [2.24, 2.45) is 0 Å². The molecule has 0 aliphatic heterocycles. The van der Waals surface area contributed by atoms with E-state index in [4.69, 9.17) is 0 Å². The van der Waals surface area contributed by atoms with Crippen LogP contribution in [0.1, 0.15) is 30.7 Å². The molecular formula is C15H20FN3. The van der Waals surface area contributed by atoms with E-state index in [-0.39, 0.29) is 5.82 Å². The van der Waals surface area contributed by atoms with Crippen molar-refractivity contribution in [3.05, 3.63) is 53.1 Å². The van der Waals surface area contributed by atoms with Gasteiger partial charge in [-0.2, -0.15) is 5.10 Å². The lowest BCUT2D eigenvalue weighted by Crippen LogP contribution is -2.22. The van der Waals surface area contributed by atoms with Gasteiger partial charge in [0.1, 0.15) is 5.82 Å². The zero-order valence-electron chi connectivity index (χ0n) is 11.7. The van der Waals surface area contributed by atoms with Gasteiger partial charge in [-0.3, -0.25) is 4.68 Å². The highest BCUT2D eigenvalue weighted by molar-refractivity contribution is 5.21. The van der Waals surface area contributed by atoms with E-state index < -0.39 is 0 Å². The standard InChI is InChI=1S/C15H20FN3/c1-11(2)17-8-14-9-18-19(12(14)3)10-13-6-4-5-7-15(13)16/h4-7,9,11,17H,8,10H2,1-3H3. The van der Waals surface area contributed by atoms with Crippen LogP contribution in [0.15, 0.2) is 30.5 Å². The number of rotatable bonds is 5. The van der Waals surface area contributed by atoms with Gasteiger partial charge >= 0.3 is 0 Å². The summed E-state index contributed by atoms with van der Waals surface area (Å²) in [5, 5.41) is 7.70. The summed E-state index contributed by atoms with van der Waals surface area (Å²) in [6.45, 7) is 7.50. The molecule has 0 saturated carbocycles. The number of halogens is 1. The second-order valence-electron chi connectivity index (χ2n) is 5.04. The van der Waals surface area contributed by atoms with Crippen LogP contribution >= 0.6 is 0 Å². The molecule has 102 valence electrons. The van der Waals surface area contributed by atoms with Crippen molar-refractivity contribution in [2.75, 3.05) is 0 Å². The van der Waals surface area contributed by atoms with E-state index >= 15 is 0 Å². The fourth-order valence-electron chi connectivity index (χ4n) is 1.92. The number of hydrogen-bond donors (Lipinski definition) is 1. The largest absolute Gasteiger partial charge is 0.310 e. The summed E-state index contributed by atoms with van der Waals surface area (Å²) in [7, 11) is 0. The Balaban J connectivity index is 2.12. The van der Waals surface area contributed by atoms with Gasteiger partial charge in [-0.05, 0) is 13.0 Å². The molecule has 1 aromatic carbocycles. The van der Waals surface area contributed by atoms with Crippen molar-refractivity contribution in [2.45, 2.75) is 39.9 Å². The lowest BCUT2D eigenvalue weighted by Gasteiger charge is -2.09. The highest BCUT2D eigenvalue weighted by Crippen LogP contribution is 2.12. The van der Waals surface area contributed by atoms with Crippen molar-refractivity contribution >= 4 is 0 Å². The summed E-state index contributed by atoms with van der Waals surface area (Å²) in [6, 6.07) is 7.26. The van der Waals surface area contributed by atoms with Gasteiger partial charge in [0.15, 0.2) is 0 Å². The number of nitrogens with zero attached hydrogens (tertiary/aromatic N) is 2. The molecule has 0 bridgehead atoms. The van der Waals surface area contributed by atoms with Crippen LogP contribution in [0.4, 0.5) is 4.39 Å². The maximum absolute atomic E-state index is 13.6. The Morgan fingerprint density at radius 1 is 1.26 bits per heavy atom. The molecule has 3 nitrogen and oxygen atoms in total. The molecule has 1 N–H and O–H groups in total. The number of aromatic nitrogens is 2. The summed E-state index contributed by atoms with van der Waals surface area (Å²) >= 11 is 0. The van der Waals surface area contributed by atoms with E-state index in [1.807, 2.05) is 23.9 Å². The normalized spacial score (nSPS) is 11.2. The monoisotopic (exact) mass is 261 g/mol. The Morgan fingerprint density at radius 2 is 2.00 bits per heavy atom. The molecule has 1 heterocycles. The molecule has 0 amide bonds. The topological polar surface area (TPSA) is 29.9 Å².